The van der Waals surface area contributed by atoms with Gasteiger partial charge in [0.2, 0.25) is 5.91 Å². The Morgan fingerprint density at radius 1 is 1.19 bits per heavy atom. The summed E-state index contributed by atoms with van der Waals surface area (Å²) in [5.41, 5.74) is 5.08. The van der Waals surface area contributed by atoms with Crippen molar-refractivity contribution in [3.8, 4) is 0 Å². The maximum absolute atomic E-state index is 12.3. The fourth-order valence-electron chi connectivity index (χ4n) is 3.01. The van der Waals surface area contributed by atoms with Crippen LogP contribution >= 0.6 is 11.3 Å². The normalized spacial score (nSPS) is 11.9. The third-order valence-electron chi connectivity index (χ3n) is 4.19. The number of aromatic nitrogens is 3. The maximum Gasteiger partial charge on any atom is 0.226 e. The van der Waals surface area contributed by atoms with E-state index in [-0.39, 0.29) is 11.3 Å². The van der Waals surface area contributed by atoms with E-state index in [9.17, 15) is 4.79 Å². The number of amides is 1. The number of aryl methyl sites for hydroxylation is 3. The van der Waals surface area contributed by atoms with E-state index in [2.05, 4.69) is 60.1 Å². The van der Waals surface area contributed by atoms with Crippen LogP contribution < -0.4 is 5.32 Å². The van der Waals surface area contributed by atoms with Gasteiger partial charge in [0.1, 0.15) is 10.8 Å². The average Bonchev–Trinajstić information content (AvgIpc) is 3.03. The summed E-state index contributed by atoms with van der Waals surface area (Å²) in [5.74, 6) is 0.649. The Labute approximate surface area is 158 Å². The number of hydrogen-bond acceptors (Lipinski definition) is 4. The first-order valence-corrected chi connectivity index (χ1v) is 9.69. The third kappa shape index (κ3) is 4.12. The summed E-state index contributed by atoms with van der Waals surface area (Å²) in [6.45, 7) is 13.0. The number of nitrogens with zero attached hydrogens (tertiary/aromatic N) is 3. The maximum atomic E-state index is 12.3. The van der Waals surface area contributed by atoms with Gasteiger partial charge >= 0.3 is 0 Å². The van der Waals surface area contributed by atoms with Crippen molar-refractivity contribution in [1.82, 2.24) is 14.5 Å². The molecule has 3 rings (SSSR count). The van der Waals surface area contributed by atoms with Crippen molar-refractivity contribution in [3.05, 3.63) is 39.5 Å². The Kier molecular flexibility index (Phi) is 4.88. The van der Waals surface area contributed by atoms with Crippen molar-refractivity contribution in [2.24, 2.45) is 5.41 Å². The van der Waals surface area contributed by atoms with Gasteiger partial charge in [-0.15, -0.1) is 11.3 Å². The van der Waals surface area contributed by atoms with Gasteiger partial charge in [-0.3, -0.25) is 4.79 Å². The molecule has 138 valence electrons. The molecule has 1 N–H and O–H groups in total. The number of anilines is 1. The predicted molar refractivity (Wildman–Crippen MR) is 108 cm³/mol. The van der Waals surface area contributed by atoms with Crippen LogP contribution in [-0.2, 0) is 11.3 Å². The Morgan fingerprint density at radius 2 is 1.92 bits per heavy atom. The van der Waals surface area contributed by atoms with Crippen molar-refractivity contribution >= 4 is 34.1 Å². The molecule has 0 unspecified atom stereocenters. The number of carbonyl (C=O) groups is 1. The van der Waals surface area contributed by atoms with Crippen LogP contribution in [0.2, 0.25) is 0 Å². The van der Waals surface area contributed by atoms with Crippen molar-refractivity contribution < 1.29 is 4.79 Å². The highest BCUT2D eigenvalue weighted by Gasteiger charge is 2.18. The number of pyridine rings is 1. The van der Waals surface area contributed by atoms with E-state index in [0.29, 0.717) is 12.2 Å². The fraction of sp³-hybridized carbons (Fsp3) is 0.450. The molecule has 3 heterocycles. The molecule has 3 aromatic heterocycles. The van der Waals surface area contributed by atoms with Gasteiger partial charge in [0.15, 0.2) is 0 Å². The molecule has 6 heteroatoms. The van der Waals surface area contributed by atoms with Crippen molar-refractivity contribution in [2.45, 2.75) is 54.5 Å². The molecular formula is C20H26N4OS. The van der Waals surface area contributed by atoms with Gasteiger partial charge < -0.3 is 9.88 Å². The summed E-state index contributed by atoms with van der Waals surface area (Å²) in [6, 6.07) is 4.16. The SMILES string of the molecule is Cc1csc(Cn2c(C)cc3nc(NC(=O)CC(C)(C)C)c(C)cc32)n1. The Morgan fingerprint density at radius 3 is 2.54 bits per heavy atom. The van der Waals surface area contributed by atoms with Crippen LogP contribution in [0.5, 0.6) is 0 Å². The quantitative estimate of drug-likeness (QED) is 0.715. The second-order valence-electron chi connectivity index (χ2n) is 8.10. The molecule has 0 saturated carbocycles. The highest BCUT2D eigenvalue weighted by molar-refractivity contribution is 7.09. The lowest BCUT2D eigenvalue weighted by atomic mass is 9.92. The molecule has 0 saturated heterocycles. The van der Waals surface area contributed by atoms with Crippen molar-refractivity contribution in [3.63, 3.8) is 0 Å². The summed E-state index contributed by atoms with van der Waals surface area (Å²) in [7, 11) is 0. The first kappa shape index (κ1) is 18.6. The van der Waals surface area contributed by atoms with E-state index in [1.165, 1.54) is 0 Å². The zero-order valence-corrected chi connectivity index (χ0v) is 17.1. The van der Waals surface area contributed by atoms with Crippen LogP contribution in [0.1, 0.15) is 49.2 Å². The molecule has 0 atom stereocenters. The number of fused-ring (bicyclic) bond motifs is 1. The first-order valence-electron chi connectivity index (χ1n) is 8.81. The second-order valence-corrected chi connectivity index (χ2v) is 9.04. The average molecular weight is 371 g/mol. The zero-order chi connectivity index (χ0) is 19.1. The summed E-state index contributed by atoms with van der Waals surface area (Å²) >= 11 is 1.68. The van der Waals surface area contributed by atoms with Gasteiger partial charge in [-0.1, -0.05) is 20.8 Å². The monoisotopic (exact) mass is 370 g/mol. The summed E-state index contributed by atoms with van der Waals surface area (Å²) in [6.07, 6.45) is 0.468. The largest absolute Gasteiger partial charge is 0.337 e. The van der Waals surface area contributed by atoms with E-state index in [0.717, 1.165) is 39.5 Å². The lowest BCUT2D eigenvalue weighted by molar-refractivity contribution is -0.117. The standard InChI is InChI=1S/C20H26N4OS/c1-12-7-16-15(22-19(12)23-17(25)9-20(4,5)6)8-14(3)24(16)10-18-21-13(2)11-26-18/h7-8,11H,9-10H2,1-6H3,(H,22,23,25). The van der Waals surface area contributed by atoms with Gasteiger partial charge in [0.25, 0.3) is 0 Å². The molecule has 0 aromatic carbocycles. The second kappa shape index (κ2) is 6.83. The van der Waals surface area contributed by atoms with Gasteiger partial charge in [-0.05, 0) is 43.9 Å². The van der Waals surface area contributed by atoms with Crippen LogP contribution in [0.3, 0.4) is 0 Å². The smallest absolute Gasteiger partial charge is 0.226 e. The predicted octanol–water partition coefficient (Wildman–Crippen LogP) is 4.84. The molecule has 0 aliphatic heterocycles. The summed E-state index contributed by atoms with van der Waals surface area (Å²) in [5, 5.41) is 6.13. The molecule has 0 spiro atoms. The molecule has 0 bridgehead atoms. The molecule has 1 amide bonds. The number of thiazole rings is 1. The highest BCUT2D eigenvalue weighted by atomic mass is 32.1. The molecular weight excluding hydrogens is 344 g/mol. The van der Waals surface area contributed by atoms with E-state index in [4.69, 9.17) is 4.98 Å². The van der Waals surface area contributed by atoms with Crippen molar-refractivity contribution in [1.29, 1.82) is 0 Å². The van der Waals surface area contributed by atoms with Crippen LogP contribution in [0.15, 0.2) is 17.5 Å². The number of hydrogen-bond donors (Lipinski definition) is 1. The van der Waals surface area contributed by atoms with Gasteiger partial charge in [-0.25, -0.2) is 9.97 Å². The topological polar surface area (TPSA) is 59.8 Å². The van der Waals surface area contributed by atoms with Crippen LogP contribution in [-0.4, -0.2) is 20.4 Å². The Balaban J connectivity index is 1.91. The minimum Gasteiger partial charge on any atom is -0.337 e. The fourth-order valence-corrected chi connectivity index (χ4v) is 3.77. The third-order valence-corrected chi connectivity index (χ3v) is 5.14. The molecule has 5 nitrogen and oxygen atoms in total. The molecule has 26 heavy (non-hydrogen) atoms. The van der Waals surface area contributed by atoms with Gasteiger partial charge in [0.05, 0.1) is 17.6 Å². The molecule has 3 aromatic rings. The molecule has 0 fully saturated rings. The number of nitrogens with one attached hydrogen (secondary N) is 1. The van der Waals surface area contributed by atoms with Crippen molar-refractivity contribution in [2.75, 3.05) is 5.32 Å². The van der Waals surface area contributed by atoms with Crippen LogP contribution in [0, 0.1) is 26.2 Å². The van der Waals surface area contributed by atoms with E-state index >= 15 is 0 Å². The van der Waals surface area contributed by atoms with E-state index in [1.54, 1.807) is 11.3 Å². The minimum atomic E-state index is -0.0478. The Bertz CT molecular complexity index is 962. The van der Waals surface area contributed by atoms with Gasteiger partial charge in [0, 0.05) is 23.2 Å². The number of carbonyl (C=O) groups excluding carboxylic acids is 1. The summed E-state index contributed by atoms with van der Waals surface area (Å²) < 4.78 is 2.23. The van der Waals surface area contributed by atoms with Crippen LogP contribution in [0.25, 0.3) is 11.0 Å². The minimum absolute atomic E-state index is 0.00173. The molecule has 0 radical (unpaired) electrons. The molecule has 0 aliphatic rings. The van der Waals surface area contributed by atoms with E-state index in [1.807, 2.05) is 13.8 Å². The Hall–Kier alpha value is -2.21. The lowest BCUT2D eigenvalue weighted by Gasteiger charge is -2.17. The first-order chi connectivity index (χ1) is 12.1. The van der Waals surface area contributed by atoms with Gasteiger partial charge in [-0.2, -0.15) is 0 Å². The zero-order valence-electron chi connectivity index (χ0n) is 16.3. The lowest BCUT2D eigenvalue weighted by Crippen LogP contribution is -2.20. The molecule has 0 aliphatic carbocycles. The highest BCUT2D eigenvalue weighted by Crippen LogP contribution is 2.26. The number of rotatable bonds is 4. The van der Waals surface area contributed by atoms with Crippen LogP contribution in [0.4, 0.5) is 5.82 Å². The van der Waals surface area contributed by atoms with E-state index < -0.39 is 0 Å². The summed E-state index contributed by atoms with van der Waals surface area (Å²) in [4.78, 5) is 21.5.